The summed E-state index contributed by atoms with van der Waals surface area (Å²) in [4.78, 5) is 23.0. The Hall–Kier alpha value is 2.39. The molecule has 0 radical (unpaired) electrons. The van der Waals surface area contributed by atoms with Crippen LogP contribution >= 0.6 is 0 Å². The average Bonchev–Trinajstić information content (AvgIpc) is 1.98. The van der Waals surface area contributed by atoms with Gasteiger partial charge in [0.25, 0.3) is 0 Å². The summed E-state index contributed by atoms with van der Waals surface area (Å²) in [6.07, 6.45) is -0.697. The van der Waals surface area contributed by atoms with Crippen molar-refractivity contribution in [2.24, 2.45) is 0 Å². The van der Waals surface area contributed by atoms with Crippen molar-refractivity contribution in [1.82, 2.24) is 0 Å². The van der Waals surface area contributed by atoms with Crippen LogP contribution in [0.3, 0.4) is 0 Å². The normalized spacial score (nSPS) is 9.00. The summed E-state index contributed by atoms with van der Waals surface area (Å²) in [5, 5.41) is 0. The van der Waals surface area contributed by atoms with Gasteiger partial charge in [-0.05, 0) is 27.7 Å². The van der Waals surface area contributed by atoms with E-state index in [1.807, 2.05) is 0 Å². The van der Waals surface area contributed by atoms with Gasteiger partial charge >= 0.3 is 115 Å². The molecule has 8 heteroatoms. The standard InChI is InChI=1S/C10H16O4S2.2K/c1-5(2)13-8(11)7(10(15)16)9(12)14-6(3)4;;/h5-6,15-16H,1-4H3;;/q;2*+1/p-2. The molecule has 0 aliphatic heterocycles. The van der Waals surface area contributed by atoms with Gasteiger partial charge in [-0.3, -0.25) is 0 Å². The first-order chi connectivity index (χ1) is 7.25. The molecule has 0 N–H and O–H groups in total. The van der Waals surface area contributed by atoms with E-state index in [4.69, 9.17) is 9.47 Å². The molecule has 0 amide bonds. The van der Waals surface area contributed by atoms with E-state index in [2.05, 4.69) is 25.3 Å². The first kappa shape index (κ1) is 25.4. The summed E-state index contributed by atoms with van der Waals surface area (Å²) in [5.74, 6) is -1.67. The minimum absolute atomic E-state index is 0. The molecule has 0 bridgehead atoms. The van der Waals surface area contributed by atoms with Gasteiger partial charge in [0.1, 0.15) is 0 Å². The van der Waals surface area contributed by atoms with E-state index in [0.717, 1.165) is 0 Å². The third-order valence-electron chi connectivity index (χ3n) is 1.30. The van der Waals surface area contributed by atoms with Crippen LogP contribution in [0.2, 0.25) is 0 Å². The van der Waals surface area contributed by atoms with Crippen LogP contribution in [0.25, 0.3) is 0 Å². The molecule has 0 aromatic heterocycles. The van der Waals surface area contributed by atoms with Crippen molar-refractivity contribution in [2.75, 3.05) is 0 Å². The molecule has 4 nitrogen and oxygen atoms in total. The van der Waals surface area contributed by atoms with E-state index in [0.29, 0.717) is 0 Å². The molecule has 0 unspecified atom stereocenters. The predicted molar refractivity (Wildman–Crippen MR) is 64.2 cm³/mol. The van der Waals surface area contributed by atoms with Crippen LogP contribution in [0.15, 0.2) is 9.81 Å². The van der Waals surface area contributed by atoms with Crippen molar-refractivity contribution < 1.29 is 122 Å². The number of ether oxygens (including phenoxy) is 2. The zero-order chi connectivity index (χ0) is 12.9. The summed E-state index contributed by atoms with van der Waals surface area (Å²) < 4.78 is 9.45. The molecule has 0 saturated heterocycles. The number of esters is 2. The fourth-order valence-corrected chi connectivity index (χ4v) is 1.13. The van der Waals surface area contributed by atoms with Crippen molar-refractivity contribution in [3.05, 3.63) is 9.81 Å². The minimum Gasteiger partial charge on any atom is -0.806 e. The maximum Gasteiger partial charge on any atom is 1.00 e. The number of hydrogen-bond acceptors (Lipinski definition) is 6. The summed E-state index contributed by atoms with van der Waals surface area (Å²) in [6.45, 7) is 6.65. The SMILES string of the molecule is CC(C)OC(=O)C(C(=O)OC(C)C)=C([S-])[S-].[K+].[K+]. The van der Waals surface area contributed by atoms with Crippen LogP contribution in [-0.2, 0) is 44.3 Å². The van der Waals surface area contributed by atoms with Gasteiger partial charge in [-0.15, -0.1) is 0 Å². The molecular weight excluding hydrogens is 326 g/mol. The number of hydrogen-bond donors (Lipinski definition) is 0. The van der Waals surface area contributed by atoms with E-state index >= 15 is 0 Å². The van der Waals surface area contributed by atoms with Gasteiger partial charge in [0.2, 0.25) is 0 Å². The third-order valence-corrected chi connectivity index (χ3v) is 1.71. The van der Waals surface area contributed by atoms with Crippen molar-refractivity contribution in [2.45, 2.75) is 39.9 Å². The van der Waals surface area contributed by atoms with Crippen LogP contribution < -0.4 is 103 Å². The van der Waals surface area contributed by atoms with Crippen LogP contribution in [0.5, 0.6) is 0 Å². The van der Waals surface area contributed by atoms with Crippen LogP contribution in [0.4, 0.5) is 0 Å². The summed E-state index contributed by atoms with van der Waals surface area (Å²) >= 11 is 9.30. The molecule has 18 heavy (non-hydrogen) atoms. The second-order valence-corrected chi connectivity index (χ2v) is 4.65. The Labute approximate surface area is 204 Å². The van der Waals surface area contributed by atoms with Crippen LogP contribution in [0.1, 0.15) is 27.7 Å². The Balaban J connectivity index is -0.00000112. The van der Waals surface area contributed by atoms with E-state index < -0.39 is 11.9 Å². The minimum atomic E-state index is -0.833. The van der Waals surface area contributed by atoms with Gasteiger partial charge in [0.05, 0.1) is 17.8 Å². The van der Waals surface area contributed by atoms with Gasteiger partial charge in [-0.1, -0.05) is 0 Å². The zero-order valence-electron chi connectivity index (χ0n) is 11.6. The molecule has 0 aromatic carbocycles. The zero-order valence-corrected chi connectivity index (χ0v) is 19.5. The Morgan fingerprint density at radius 2 is 1.11 bits per heavy atom. The van der Waals surface area contributed by atoms with Crippen molar-refractivity contribution >= 4 is 37.2 Å². The molecule has 0 rings (SSSR count). The summed E-state index contributed by atoms with van der Waals surface area (Å²) in [5.41, 5.74) is -0.382. The fourth-order valence-electron chi connectivity index (χ4n) is 0.796. The molecule has 92 valence electrons. The molecule has 0 aliphatic carbocycles. The van der Waals surface area contributed by atoms with Gasteiger partial charge in [0, 0.05) is 0 Å². The average molecular weight is 341 g/mol. The molecular formula is C10H14K2O4S2. The molecule has 0 fully saturated rings. The van der Waals surface area contributed by atoms with Crippen molar-refractivity contribution in [3.8, 4) is 0 Å². The van der Waals surface area contributed by atoms with E-state index in [1.54, 1.807) is 27.7 Å². The Morgan fingerprint density at radius 1 is 0.833 bits per heavy atom. The maximum atomic E-state index is 11.5. The van der Waals surface area contributed by atoms with Gasteiger partial charge in [-0.25, -0.2) is 9.59 Å². The first-order valence-electron chi connectivity index (χ1n) is 4.76. The second kappa shape index (κ2) is 13.1. The molecule has 0 heterocycles. The molecule has 0 aromatic rings. The number of carbonyl (C=O) groups excluding carboxylic acids is 2. The van der Waals surface area contributed by atoms with Crippen molar-refractivity contribution in [1.29, 1.82) is 0 Å². The quantitative estimate of drug-likeness (QED) is 0.128. The Bertz CT molecular complexity index is 289. The van der Waals surface area contributed by atoms with Gasteiger partial charge in [-0.2, -0.15) is 0 Å². The Morgan fingerprint density at radius 3 is 1.28 bits per heavy atom. The topological polar surface area (TPSA) is 52.6 Å². The van der Waals surface area contributed by atoms with Crippen LogP contribution in [0, 0.1) is 0 Å². The second-order valence-electron chi connectivity index (χ2n) is 3.57. The van der Waals surface area contributed by atoms with E-state index in [1.165, 1.54) is 0 Å². The summed E-state index contributed by atoms with van der Waals surface area (Å²) in [7, 11) is 0. The molecule has 0 spiro atoms. The maximum absolute atomic E-state index is 11.5. The predicted octanol–water partition coefficient (Wildman–Crippen LogP) is -4.80. The van der Waals surface area contributed by atoms with Crippen molar-refractivity contribution in [3.63, 3.8) is 0 Å². The van der Waals surface area contributed by atoms with Crippen LogP contribution in [-0.4, -0.2) is 24.1 Å². The van der Waals surface area contributed by atoms with E-state index in [-0.39, 0.29) is 125 Å². The largest absolute Gasteiger partial charge is 1.00 e. The number of carbonyl (C=O) groups is 2. The summed E-state index contributed by atoms with van der Waals surface area (Å²) in [6, 6.07) is 0. The smallest absolute Gasteiger partial charge is 0.806 e. The van der Waals surface area contributed by atoms with Gasteiger partial charge < -0.3 is 39.0 Å². The first-order valence-corrected chi connectivity index (χ1v) is 5.57. The molecule has 0 atom stereocenters. The van der Waals surface area contributed by atoms with E-state index in [9.17, 15) is 9.59 Å². The fraction of sp³-hybridized carbons (Fsp3) is 0.600. The van der Waals surface area contributed by atoms with Gasteiger partial charge in [0.15, 0.2) is 0 Å². The Kier molecular flexibility index (Phi) is 18.4. The number of rotatable bonds is 4. The molecule has 0 aliphatic rings. The third kappa shape index (κ3) is 11.1. The molecule has 0 saturated carbocycles. The monoisotopic (exact) mass is 340 g/mol.